The lowest BCUT2D eigenvalue weighted by Crippen LogP contribution is -2.28. The van der Waals surface area contributed by atoms with Crippen molar-refractivity contribution < 1.29 is 19.1 Å². The van der Waals surface area contributed by atoms with Gasteiger partial charge in [0.2, 0.25) is 5.91 Å². The van der Waals surface area contributed by atoms with Crippen LogP contribution in [0.1, 0.15) is 6.42 Å². The van der Waals surface area contributed by atoms with Gasteiger partial charge in [0, 0.05) is 34.4 Å². The van der Waals surface area contributed by atoms with Gasteiger partial charge in [-0.2, -0.15) is 0 Å². The third-order valence-electron chi connectivity index (χ3n) is 4.05. The van der Waals surface area contributed by atoms with Crippen LogP contribution in [0.4, 0.5) is 11.4 Å². The van der Waals surface area contributed by atoms with Gasteiger partial charge in [0.15, 0.2) is 6.61 Å². The van der Waals surface area contributed by atoms with Crippen molar-refractivity contribution in [3.63, 3.8) is 0 Å². The Balaban J connectivity index is 1.52. The summed E-state index contributed by atoms with van der Waals surface area (Å²) in [5, 5.41) is 3.65. The topological polar surface area (TPSA) is 75.7 Å². The molecule has 0 unspecified atom stereocenters. The van der Waals surface area contributed by atoms with Crippen LogP contribution in [0.25, 0.3) is 0 Å². The predicted octanol–water partition coefficient (Wildman–Crippen LogP) is 3.53. The van der Waals surface area contributed by atoms with Crippen molar-refractivity contribution in [1.29, 1.82) is 0 Å². The predicted molar refractivity (Wildman–Crippen MR) is 103 cm³/mol. The summed E-state index contributed by atoms with van der Waals surface area (Å²) >= 11 is 11.7. The molecule has 1 N–H and O–H groups in total. The number of nitrogens with zero attached hydrogens (tertiary/aromatic N) is 1. The maximum absolute atomic E-state index is 12.2. The van der Waals surface area contributed by atoms with E-state index in [9.17, 15) is 14.4 Å². The van der Waals surface area contributed by atoms with E-state index < -0.39 is 24.4 Å². The fourth-order valence-electron chi connectivity index (χ4n) is 2.74. The number of carbonyl (C=O) groups is 3. The number of hydrogen-bond acceptors (Lipinski definition) is 4. The highest BCUT2D eigenvalue weighted by Crippen LogP contribution is 2.27. The Morgan fingerprint density at radius 2 is 1.85 bits per heavy atom. The molecule has 1 heterocycles. The van der Waals surface area contributed by atoms with Gasteiger partial charge >= 0.3 is 5.97 Å². The van der Waals surface area contributed by atoms with E-state index in [0.717, 1.165) is 0 Å². The third-order valence-corrected chi connectivity index (χ3v) is 4.54. The molecule has 1 fully saturated rings. The number of ether oxygens (including phenoxy) is 1. The summed E-state index contributed by atoms with van der Waals surface area (Å²) < 4.78 is 5.06. The molecule has 140 valence electrons. The zero-order valence-corrected chi connectivity index (χ0v) is 15.7. The normalized spacial score (nSPS) is 16.3. The number of esters is 1. The second-order valence-electron chi connectivity index (χ2n) is 6.05. The van der Waals surface area contributed by atoms with Gasteiger partial charge in [0.1, 0.15) is 0 Å². The van der Waals surface area contributed by atoms with Gasteiger partial charge in [0.25, 0.3) is 5.91 Å². The van der Waals surface area contributed by atoms with Crippen LogP contribution in [0.2, 0.25) is 10.0 Å². The van der Waals surface area contributed by atoms with E-state index in [0.29, 0.717) is 21.4 Å². The lowest BCUT2D eigenvalue weighted by Gasteiger charge is -2.16. The molecule has 0 aliphatic carbocycles. The molecule has 0 aromatic heterocycles. The lowest BCUT2D eigenvalue weighted by molar-refractivity contribution is -0.151. The van der Waals surface area contributed by atoms with Crippen LogP contribution >= 0.6 is 23.2 Å². The number of hydrogen-bond donors (Lipinski definition) is 1. The molecular formula is C19H16Cl2N2O4. The first-order valence-corrected chi connectivity index (χ1v) is 8.96. The minimum Gasteiger partial charge on any atom is -0.455 e. The summed E-state index contributed by atoms with van der Waals surface area (Å²) in [7, 11) is 0. The minimum atomic E-state index is -0.625. The van der Waals surface area contributed by atoms with E-state index in [-0.39, 0.29) is 18.9 Å². The highest BCUT2D eigenvalue weighted by Gasteiger charge is 2.36. The Kier molecular flexibility index (Phi) is 5.98. The molecular weight excluding hydrogens is 391 g/mol. The van der Waals surface area contributed by atoms with E-state index in [1.807, 2.05) is 0 Å². The van der Waals surface area contributed by atoms with Crippen LogP contribution < -0.4 is 10.2 Å². The summed E-state index contributed by atoms with van der Waals surface area (Å²) in [6, 6.07) is 13.4. The largest absolute Gasteiger partial charge is 0.455 e. The Bertz CT molecular complexity index is 870. The minimum absolute atomic E-state index is 0.0319. The fourth-order valence-corrected chi connectivity index (χ4v) is 3.05. The highest BCUT2D eigenvalue weighted by molar-refractivity contribution is 6.31. The molecule has 0 radical (unpaired) electrons. The average Bonchev–Trinajstić information content (AvgIpc) is 3.03. The van der Waals surface area contributed by atoms with Crippen LogP contribution in [0.3, 0.4) is 0 Å². The summed E-state index contributed by atoms with van der Waals surface area (Å²) in [6.07, 6.45) is 0.0319. The van der Waals surface area contributed by atoms with Crippen molar-refractivity contribution in [2.45, 2.75) is 6.42 Å². The number of rotatable bonds is 5. The fraction of sp³-hybridized carbons (Fsp3) is 0.211. The Morgan fingerprint density at radius 3 is 2.56 bits per heavy atom. The highest BCUT2D eigenvalue weighted by atomic mass is 35.5. The molecule has 6 nitrogen and oxygen atoms in total. The van der Waals surface area contributed by atoms with Crippen molar-refractivity contribution in [3.8, 4) is 0 Å². The lowest BCUT2D eigenvalue weighted by atomic mass is 10.1. The summed E-state index contributed by atoms with van der Waals surface area (Å²) in [5.41, 5.74) is 1.17. The number of amides is 2. The maximum atomic E-state index is 12.2. The first-order chi connectivity index (χ1) is 12.9. The Labute approximate surface area is 166 Å². The van der Waals surface area contributed by atoms with E-state index in [4.69, 9.17) is 27.9 Å². The first kappa shape index (κ1) is 19.2. The number of anilines is 2. The van der Waals surface area contributed by atoms with E-state index in [2.05, 4.69) is 5.32 Å². The molecule has 1 atom stereocenters. The van der Waals surface area contributed by atoms with Gasteiger partial charge in [-0.05, 0) is 42.5 Å². The van der Waals surface area contributed by atoms with Gasteiger partial charge in [0.05, 0.1) is 5.92 Å². The van der Waals surface area contributed by atoms with Crippen LogP contribution in [0.15, 0.2) is 48.5 Å². The second-order valence-corrected chi connectivity index (χ2v) is 6.92. The summed E-state index contributed by atoms with van der Waals surface area (Å²) in [4.78, 5) is 37.8. The van der Waals surface area contributed by atoms with E-state index in [1.54, 1.807) is 48.5 Å². The van der Waals surface area contributed by atoms with Gasteiger partial charge in [-0.1, -0.05) is 29.3 Å². The van der Waals surface area contributed by atoms with E-state index in [1.165, 1.54) is 4.90 Å². The standard InChI is InChI=1S/C19H16Cl2N2O4/c20-13-4-6-15(7-5-13)22-17(24)11-27-19(26)12-8-18(25)23(10-12)16-3-1-2-14(21)9-16/h1-7,9,12H,8,10-11H2,(H,22,24)/t12-/m1/s1. The van der Waals surface area contributed by atoms with Crippen molar-refractivity contribution in [3.05, 3.63) is 58.6 Å². The van der Waals surface area contributed by atoms with Crippen molar-refractivity contribution >= 4 is 52.4 Å². The van der Waals surface area contributed by atoms with Crippen LogP contribution in [0, 0.1) is 5.92 Å². The van der Waals surface area contributed by atoms with Gasteiger partial charge < -0.3 is 15.0 Å². The van der Waals surface area contributed by atoms with Crippen LogP contribution in [0.5, 0.6) is 0 Å². The first-order valence-electron chi connectivity index (χ1n) is 8.20. The monoisotopic (exact) mass is 406 g/mol. The molecule has 0 saturated carbocycles. The van der Waals surface area contributed by atoms with Crippen LogP contribution in [-0.2, 0) is 19.1 Å². The molecule has 1 aliphatic rings. The quantitative estimate of drug-likeness (QED) is 0.770. The third kappa shape index (κ3) is 4.99. The summed E-state index contributed by atoms with van der Waals surface area (Å²) in [6.45, 7) is -0.236. The molecule has 2 amide bonds. The molecule has 3 rings (SSSR count). The zero-order valence-electron chi connectivity index (χ0n) is 14.2. The average molecular weight is 407 g/mol. The van der Waals surface area contributed by atoms with Crippen LogP contribution in [-0.4, -0.2) is 30.9 Å². The zero-order chi connectivity index (χ0) is 19.4. The number of benzene rings is 2. The molecule has 8 heteroatoms. The Morgan fingerprint density at radius 1 is 1.11 bits per heavy atom. The summed E-state index contributed by atoms with van der Waals surface area (Å²) in [5.74, 6) is -1.87. The second kappa shape index (κ2) is 8.41. The molecule has 2 aromatic rings. The molecule has 1 aliphatic heterocycles. The van der Waals surface area contributed by atoms with Crippen molar-refractivity contribution in [2.24, 2.45) is 5.92 Å². The number of halogens is 2. The number of nitrogens with one attached hydrogen (secondary N) is 1. The van der Waals surface area contributed by atoms with E-state index >= 15 is 0 Å². The smallest absolute Gasteiger partial charge is 0.311 e. The molecule has 2 aromatic carbocycles. The maximum Gasteiger partial charge on any atom is 0.311 e. The van der Waals surface area contributed by atoms with Gasteiger partial charge in [-0.3, -0.25) is 14.4 Å². The molecule has 27 heavy (non-hydrogen) atoms. The molecule has 0 spiro atoms. The molecule has 0 bridgehead atoms. The van der Waals surface area contributed by atoms with Gasteiger partial charge in [-0.15, -0.1) is 0 Å². The SMILES string of the molecule is O=C(COC(=O)[C@@H]1CC(=O)N(c2cccc(Cl)c2)C1)Nc1ccc(Cl)cc1. The molecule has 1 saturated heterocycles. The van der Waals surface area contributed by atoms with Crippen molar-refractivity contribution in [1.82, 2.24) is 0 Å². The van der Waals surface area contributed by atoms with Gasteiger partial charge in [-0.25, -0.2) is 0 Å². The number of carbonyl (C=O) groups excluding carboxylic acids is 3. The van der Waals surface area contributed by atoms with Crippen molar-refractivity contribution in [2.75, 3.05) is 23.4 Å². The Hall–Kier alpha value is -2.57.